The van der Waals surface area contributed by atoms with E-state index < -0.39 is 23.4 Å². The van der Waals surface area contributed by atoms with E-state index in [4.69, 9.17) is 15.5 Å². The number of nitrogens with zero attached hydrogens (tertiary/aromatic N) is 5. The summed E-state index contributed by atoms with van der Waals surface area (Å²) in [5.41, 5.74) is 8.34. The Morgan fingerprint density at radius 1 is 1.59 bits per heavy atom. The van der Waals surface area contributed by atoms with Crippen LogP contribution in [-0.4, -0.2) is 25.3 Å². The third-order valence-corrected chi connectivity index (χ3v) is 4.03. The molecule has 0 unspecified atom stereocenters. The molecule has 8 heteroatoms. The first-order valence-electron chi connectivity index (χ1n) is 6.79. The van der Waals surface area contributed by atoms with Gasteiger partial charge < -0.3 is 4.74 Å². The van der Waals surface area contributed by atoms with Crippen molar-refractivity contribution >= 4 is 11.8 Å². The van der Waals surface area contributed by atoms with Gasteiger partial charge in [-0.2, -0.15) is 5.26 Å². The van der Waals surface area contributed by atoms with Crippen LogP contribution >= 0.6 is 0 Å². The number of carbonyl (C=O) groups is 1. The van der Waals surface area contributed by atoms with Gasteiger partial charge >= 0.3 is 6.09 Å². The van der Waals surface area contributed by atoms with Gasteiger partial charge in [0.1, 0.15) is 12.4 Å². The summed E-state index contributed by atoms with van der Waals surface area (Å²) < 4.78 is 19.2. The van der Waals surface area contributed by atoms with Crippen molar-refractivity contribution in [3.63, 3.8) is 0 Å². The van der Waals surface area contributed by atoms with E-state index in [2.05, 4.69) is 16.1 Å². The summed E-state index contributed by atoms with van der Waals surface area (Å²) >= 11 is 0. The van der Waals surface area contributed by atoms with E-state index in [1.807, 2.05) is 0 Å². The highest BCUT2D eigenvalue weighted by Gasteiger charge is 2.47. The van der Waals surface area contributed by atoms with Gasteiger partial charge in [-0.25, -0.2) is 9.18 Å². The van der Waals surface area contributed by atoms with E-state index in [1.165, 1.54) is 17.0 Å². The molecule has 0 spiro atoms. The van der Waals surface area contributed by atoms with E-state index >= 15 is 0 Å². The molecular weight excluding hydrogens is 289 g/mol. The molecule has 1 heterocycles. The number of hydrogen-bond acceptors (Lipinski definition) is 4. The molecule has 1 saturated carbocycles. The van der Waals surface area contributed by atoms with Crippen molar-refractivity contribution in [3.05, 3.63) is 40.0 Å². The van der Waals surface area contributed by atoms with Gasteiger partial charge in [-0.1, -0.05) is 11.2 Å². The molecule has 22 heavy (non-hydrogen) atoms. The van der Waals surface area contributed by atoms with Gasteiger partial charge in [0.2, 0.25) is 0 Å². The molecule has 1 saturated heterocycles. The largest absolute Gasteiger partial charge is 0.447 e. The van der Waals surface area contributed by atoms with E-state index in [9.17, 15) is 9.18 Å². The number of halogens is 1. The molecule has 1 aliphatic carbocycles. The number of cyclic esters (lactones) is 1. The molecule has 0 N–H and O–H groups in total. The first kappa shape index (κ1) is 14.2. The van der Waals surface area contributed by atoms with Crippen LogP contribution in [0.2, 0.25) is 0 Å². The van der Waals surface area contributed by atoms with Gasteiger partial charge in [0.15, 0.2) is 0 Å². The number of anilines is 1. The maximum atomic E-state index is 14.3. The fourth-order valence-electron chi connectivity index (χ4n) is 2.65. The molecule has 0 aromatic heterocycles. The second-order valence-corrected chi connectivity index (χ2v) is 5.37. The Bertz CT molecular complexity index is 718. The molecule has 0 bridgehead atoms. The van der Waals surface area contributed by atoms with Gasteiger partial charge in [0.05, 0.1) is 29.8 Å². The van der Waals surface area contributed by atoms with Crippen LogP contribution in [0.3, 0.4) is 0 Å². The van der Waals surface area contributed by atoms with Crippen molar-refractivity contribution in [2.24, 2.45) is 5.11 Å². The van der Waals surface area contributed by atoms with Crippen LogP contribution in [0, 0.1) is 17.1 Å². The average Bonchev–Trinajstić information content (AvgIpc) is 3.22. The van der Waals surface area contributed by atoms with Gasteiger partial charge in [-0.05, 0) is 30.5 Å². The normalized spacial score (nSPS) is 21.7. The molecule has 2 fully saturated rings. The average molecular weight is 301 g/mol. The van der Waals surface area contributed by atoms with Crippen molar-refractivity contribution < 1.29 is 13.9 Å². The van der Waals surface area contributed by atoms with Crippen LogP contribution in [-0.2, 0) is 10.2 Å². The summed E-state index contributed by atoms with van der Waals surface area (Å²) in [5.74, 6) is -0.515. The maximum Gasteiger partial charge on any atom is 0.414 e. The lowest BCUT2D eigenvalue weighted by Crippen LogP contribution is -2.35. The number of hydrogen-bond donors (Lipinski definition) is 0. The molecule has 1 aromatic rings. The standard InChI is InChI=1S/C14H12FN5O2/c15-12-5-9(1-2-11(12)14(8-16)3-4-14)20-10(6-18-19-17)7-22-13(20)21/h1-2,5,10H,3-4,6-7H2/t10-/m1/s1. The highest BCUT2D eigenvalue weighted by molar-refractivity contribution is 5.90. The Morgan fingerprint density at radius 3 is 2.95 bits per heavy atom. The predicted octanol–water partition coefficient (Wildman–Crippen LogP) is 3.02. The summed E-state index contributed by atoms with van der Waals surface area (Å²) in [6, 6.07) is 6.04. The van der Waals surface area contributed by atoms with Crippen LogP contribution in [0.15, 0.2) is 23.3 Å². The van der Waals surface area contributed by atoms with Crippen LogP contribution in [0.1, 0.15) is 18.4 Å². The SMILES string of the molecule is N#CC1(c2ccc(N3C(=O)OC[C@H]3CN=[N+]=[N-])cc2F)CC1. The molecule has 1 amide bonds. The number of azide groups is 1. The monoisotopic (exact) mass is 301 g/mol. The maximum absolute atomic E-state index is 14.3. The molecule has 1 aliphatic heterocycles. The number of amides is 1. The highest BCUT2D eigenvalue weighted by Crippen LogP contribution is 2.48. The van der Waals surface area contributed by atoms with Gasteiger partial charge in [0, 0.05) is 10.5 Å². The van der Waals surface area contributed by atoms with Gasteiger partial charge in [0.25, 0.3) is 0 Å². The van der Waals surface area contributed by atoms with Crippen LogP contribution in [0.25, 0.3) is 10.4 Å². The molecule has 0 radical (unpaired) electrons. The zero-order valence-corrected chi connectivity index (χ0v) is 11.6. The van der Waals surface area contributed by atoms with Crippen LogP contribution < -0.4 is 4.90 Å². The Labute approximate surface area is 125 Å². The molecule has 2 aliphatic rings. The Morgan fingerprint density at radius 2 is 2.36 bits per heavy atom. The quantitative estimate of drug-likeness (QED) is 0.485. The third kappa shape index (κ3) is 2.22. The summed E-state index contributed by atoms with van der Waals surface area (Å²) in [5, 5.41) is 12.6. The lowest BCUT2D eigenvalue weighted by atomic mass is 9.96. The molecule has 112 valence electrons. The number of rotatable bonds is 4. The molecule has 1 aromatic carbocycles. The minimum absolute atomic E-state index is 0.0493. The fraction of sp³-hybridized carbons (Fsp3) is 0.429. The van der Waals surface area contributed by atoms with Gasteiger partial charge in [-0.15, -0.1) is 0 Å². The van der Waals surface area contributed by atoms with E-state index in [-0.39, 0.29) is 13.2 Å². The Kier molecular flexibility index (Phi) is 3.35. The van der Waals surface area contributed by atoms with Crippen molar-refractivity contribution in [1.82, 2.24) is 0 Å². The third-order valence-electron chi connectivity index (χ3n) is 4.03. The lowest BCUT2D eigenvalue weighted by Gasteiger charge is -2.21. The Hall–Kier alpha value is -2.78. The van der Waals surface area contributed by atoms with Crippen molar-refractivity contribution in [3.8, 4) is 6.07 Å². The molecular formula is C14H12FN5O2. The number of carbonyl (C=O) groups excluding carboxylic acids is 1. The summed E-state index contributed by atoms with van der Waals surface area (Å²) in [7, 11) is 0. The molecule has 1 atom stereocenters. The zero-order valence-electron chi connectivity index (χ0n) is 11.6. The van der Waals surface area contributed by atoms with Crippen molar-refractivity contribution in [1.29, 1.82) is 5.26 Å². The first-order valence-corrected chi connectivity index (χ1v) is 6.79. The number of ether oxygens (including phenoxy) is 1. The first-order chi connectivity index (χ1) is 10.6. The van der Waals surface area contributed by atoms with E-state index in [0.717, 1.165) is 0 Å². The van der Waals surface area contributed by atoms with E-state index in [1.54, 1.807) is 6.07 Å². The smallest absolute Gasteiger partial charge is 0.414 e. The van der Waals surface area contributed by atoms with Crippen molar-refractivity contribution in [2.75, 3.05) is 18.1 Å². The topological polar surface area (TPSA) is 102 Å². The van der Waals surface area contributed by atoms with Crippen LogP contribution in [0.4, 0.5) is 14.9 Å². The highest BCUT2D eigenvalue weighted by atomic mass is 19.1. The minimum Gasteiger partial charge on any atom is -0.447 e. The molecule has 7 nitrogen and oxygen atoms in total. The number of benzene rings is 1. The number of nitriles is 1. The zero-order chi connectivity index (χ0) is 15.7. The second kappa shape index (κ2) is 5.20. The summed E-state index contributed by atoms with van der Waals surface area (Å²) in [6.45, 7) is 0.136. The lowest BCUT2D eigenvalue weighted by molar-refractivity contribution is 0.179. The fourth-order valence-corrected chi connectivity index (χ4v) is 2.65. The predicted molar refractivity (Wildman–Crippen MR) is 74.6 cm³/mol. The summed E-state index contributed by atoms with van der Waals surface area (Å²) in [4.78, 5) is 15.7. The van der Waals surface area contributed by atoms with Gasteiger partial charge in [-0.3, -0.25) is 4.90 Å². The molecule has 3 rings (SSSR count). The second-order valence-electron chi connectivity index (χ2n) is 5.37. The van der Waals surface area contributed by atoms with Crippen molar-refractivity contribution in [2.45, 2.75) is 24.3 Å². The Balaban J connectivity index is 1.91. The minimum atomic E-state index is -0.724. The summed E-state index contributed by atoms with van der Waals surface area (Å²) in [6.07, 6.45) is 0.683. The van der Waals surface area contributed by atoms with E-state index in [0.29, 0.717) is 24.1 Å². The van der Waals surface area contributed by atoms with Crippen LogP contribution in [0.5, 0.6) is 0 Å².